The number of aromatic nitrogens is 4. The fourth-order valence-corrected chi connectivity index (χ4v) is 7.94. The van der Waals surface area contributed by atoms with Gasteiger partial charge in [-0.3, -0.25) is 14.2 Å². The summed E-state index contributed by atoms with van der Waals surface area (Å²) in [7, 11) is -4.41. The molecule has 1 aliphatic rings. The number of imide groups is 1. The van der Waals surface area contributed by atoms with Crippen LogP contribution >= 0.6 is 11.6 Å². The summed E-state index contributed by atoms with van der Waals surface area (Å²) in [6, 6.07) is 17.2. The minimum Gasteiger partial charge on any atom is -0.414 e. The first-order chi connectivity index (χ1) is 22.8. The first-order valence-electron chi connectivity index (χ1n) is 16.6. The molecule has 0 unspecified atom stereocenters. The molecule has 3 heterocycles. The van der Waals surface area contributed by atoms with Crippen LogP contribution in [0.25, 0.3) is 11.2 Å². The zero-order valence-electron chi connectivity index (χ0n) is 30.1. The maximum absolute atomic E-state index is 14.0. The Kier molecular flexibility index (Phi) is 10.4. The lowest BCUT2D eigenvalue weighted by molar-refractivity contribution is -0.0382. The Balaban J connectivity index is 1.56. The van der Waals surface area contributed by atoms with Crippen molar-refractivity contribution in [2.75, 3.05) is 11.5 Å². The molecule has 1 fully saturated rings. The van der Waals surface area contributed by atoms with Crippen LogP contribution in [-0.4, -0.2) is 72.2 Å². The highest BCUT2D eigenvalue weighted by Crippen LogP contribution is 2.44. The molecule has 2 aromatic heterocycles. The predicted octanol–water partition coefficient (Wildman–Crippen LogP) is 8.23. The Bertz CT molecular complexity index is 1740. The molecule has 0 radical (unpaired) electrons. The quantitative estimate of drug-likeness (QED) is 0.0967. The van der Waals surface area contributed by atoms with Crippen molar-refractivity contribution in [3.63, 3.8) is 0 Å². The predicted molar refractivity (Wildman–Crippen MR) is 198 cm³/mol. The molecule has 262 valence electrons. The number of hydrogen-bond donors (Lipinski definition) is 0. The van der Waals surface area contributed by atoms with Crippen molar-refractivity contribution >= 4 is 57.0 Å². The molecule has 0 aliphatic carbocycles. The van der Waals surface area contributed by atoms with Gasteiger partial charge in [0.25, 0.3) is 11.8 Å². The average molecular weight is 722 g/mol. The molecule has 1 aliphatic heterocycles. The third kappa shape index (κ3) is 7.45. The summed E-state index contributed by atoms with van der Waals surface area (Å²) < 4.78 is 22.1. The van der Waals surface area contributed by atoms with Gasteiger partial charge in [-0.15, -0.1) is 11.6 Å². The number of amides is 2. The molecule has 49 heavy (non-hydrogen) atoms. The summed E-state index contributed by atoms with van der Waals surface area (Å²) in [5, 5.41) is -0.669. The number of ether oxygens (including phenoxy) is 1. The molecule has 0 N–H and O–H groups in total. The molecule has 0 spiro atoms. The topological polar surface area (TPSA) is 109 Å². The first kappa shape index (κ1) is 37.0. The number of nitrogens with zero attached hydrogens (tertiary/aromatic N) is 5. The Morgan fingerprint density at radius 2 is 1.37 bits per heavy atom. The normalized spacial score (nSPS) is 20.5. The number of fused-ring (bicyclic) bond motifs is 1. The second kappa shape index (κ2) is 13.8. The molecule has 2 amide bonds. The Morgan fingerprint density at radius 1 is 0.837 bits per heavy atom. The highest BCUT2D eigenvalue weighted by atomic mass is 35.5. The van der Waals surface area contributed by atoms with Crippen LogP contribution in [0.1, 0.15) is 68.5 Å². The Labute approximate surface area is 296 Å². The number of carbonyl (C=O) groups excluding carboxylic acids is 2. The molecular formula is C36H48ClN5O5Si2. The summed E-state index contributed by atoms with van der Waals surface area (Å²) >= 11 is 7.31. The third-order valence-electron chi connectivity index (χ3n) is 10.2. The van der Waals surface area contributed by atoms with Crippen molar-refractivity contribution in [3.05, 3.63) is 84.4 Å². The number of hydrogen-bond acceptors (Lipinski definition) is 8. The lowest BCUT2D eigenvalue weighted by Gasteiger charge is -2.41. The second-order valence-corrected chi connectivity index (χ2v) is 25.7. The van der Waals surface area contributed by atoms with Gasteiger partial charge in [0.2, 0.25) is 0 Å². The first-order valence-corrected chi connectivity index (χ1v) is 22.9. The van der Waals surface area contributed by atoms with Crippen LogP contribution in [-0.2, 0) is 13.6 Å². The number of carbonyl (C=O) groups is 2. The van der Waals surface area contributed by atoms with E-state index < -0.39 is 52.3 Å². The minimum absolute atomic E-state index is 0.00920. The molecular weight excluding hydrogens is 674 g/mol. The molecule has 2 aromatic carbocycles. The fraction of sp³-hybridized carbons (Fsp3) is 0.472. The van der Waals surface area contributed by atoms with Gasteiger partial charge in [-0.2, -0.15) is 0 Å². The van der Waals surface area contributed by atoms with Gasteiger partial charge in [0.15, 0.2) is 39.8 Å². The van der Waals surface area contributed by atoms with E-state index in [-0.39, 0.29) is 21.4 Å². The lowest BCUT2D eigenvalue weighted by atomic mass is 10.1. The van der Waals surface area contributed by atoms with Gasteiger partial charge >= 0.3 is 0 Å². The maximum Gasteiger partial charge on any atom is 0.266 e. The molecule has 1 saturated heterocycles. The SMILES string of the molecule is CC(C)(C)[Si](C)(C)OC[C@H]1O[C@@H](n2cnc3c(N(C(=O)c4ccccc4)C(=O)c4ccccc4)ncnc32)[C@H](Cl)[C@@H]1O[Si](C)(C)C(C)(C)C. The van der Waals surface area contributed by atoms with Crippen LogP contribution in [0.5, 0.6) is 0 Å². The van der Waals surface area contributed by atoms with Crippen molar-refractivity contribution in [1.82, 2.24) is 19.5 Å². The van der Waals surface area contributed by atoms with Crippen LogP contribution in [0, 0.1) is 0 Å². The third-order valence-corrected chi connectivity index (χ3v) is 19.6. The molecule has 4 aromatic rings. The smallest absolute Gasteiger partial charge is 0.266 e. The van der Waals surface area contributed by atoms with Crippen molar-refractivity contribution < 1.29 is 23.2 Å². The largest absolute Gasteiger partial charge is 0.414 e. The van der Waals surface area contributed by atoms with E-state index >= 15 is 0 Å². The molecule has 10 nitrogen and oxygen atoms in total. The molecule has 13 heteroatoms. The summed E-state index contributed by atoms with van der Waals surface area (Å²) in [6.07, 6.45) is 1.25. The highest BCUT2D eigenvalue weighted by molar-refractivity contribution is 6.74. The standard InChI is InChI=1S/C36H48ClN5O5Si2/c1-35(2,3)48(7,8)45-21-26-29(47-49(9,10)36(4,5)6)27(37)34(46-26)41-23-40-28-30(41)38-22-39-31(28)42(32(43)24-17-13-11-14-18-24)33(44)25-19-15-12-16-20-25/h11-20,22-23,26-27,29,34H,21H2,1-10H3/t26-,27-,29-,34-/m1/s1. The molecule has 5 rings (SSSR count). The van der Waals surface area contributed by atoms with E-state index in [1.165, 1.54) is 6.33 Å². The van der Waals surface area contributed by atoms with E-state index in [4.69, 9.17) is 25.2 Å². The van der Waals surface area contributed by atoms with Crippen LogP contribution in [0.4, 0.5) is 5.82 Å². The zero-order valence-corrected chi connectivity index (χ0v) is 32.9. The number of halogens is 1. The van der Waals surface area contributed by atoms with E-state index in [9.17, 15) is 9.59 Å². The average Bonchev–Trinajstić information content (AvgIpc) is 3.60. The molecule has 0 saturated carbocycles. The summed E-state index contributed by atoms with van der Waals surface area (Å²) in [5.41, 5.74) is 1.28. The van der Waals surface area contributed by atoms with Crippen molar-refractivity contribution in [1.29, 1.82) is 0 Å². The van der Waals surface area contributed by atoms with Gasteiger partial charge in [-0.1, -0.05) is 77.9 Å². The van der Waals surface area contributed by atoms with Crippen LogP contribution in [0.15, 0.2) is 73.3 Å². The lowest BCUT2D eigenvalue weighted by Crippen LogP contribution is -2.50. The monoisotopic (exact) mass is 721 g/mol. The van der Waals surface area contributed by atoms with E-state index in [1.807, 2.05) is 12.1 Å². The van der Waals surface area contributed by atoms with E-state index in [0.29, 0.717) is 23.4 Å². The summed E-state index contributed by atoms with van der Waals surface area (Å²) in [5.74, 6) is -1.02. The van der Waals surface area contributed by atoms with Gasteiger partial charge in [-0.25, -0.2) is 19.9 Å². The van der Waals surface area contributed by atoms with Gasteiger partial charge in [0, 0.05) is 11.1 Å². The molecule has 4 atom stereocenters. The molecule has 0 bridgehead atoms. The van der Waals surface area contributed by atoms with Crippen LogP contribution in [0.2, 0.25) is 36.3 Å². The van der Waals surface area contributed by atoms with Crippen LogP contribution in [0.3, 0.4) is 0 Å². The van der Waals surface area contributed by atoms with Crippen LogP contribution < -0.4 is 4.90 Å². The zero-order chi connectivity index (χ0) is 35.9. The fourth-order valence-electron chi connectivity index (χ4n) is 5.11. The number of anilines is 1. The number of imidazole rings is 1. The van der Waals surface area contributed by atoms with Gasteiger partial charge in [0.05, 0.1) is 19.0 Å². The van der Waals surface area contributed by atoms with Gasteiger partial charge < -0.3 is 13.6 Å². The van der Waals surface area contributed by atoms with Gasteiger partial charge in [-0.05, 0) is 60.5 Å². The second-order valence-electron chi connectivity index (χ2n) is 15.6. The van der Waals surface area contributed by atoms with Gasteiger partial charge in [0.1, 0.15) is 17.8 Å². The van der Waals surface area contributed by atoms with Crippen molar-refractivity contribution in [2.45, 2.75) is 102 Å². The maximum atomic E-state index is 14.0. The summed E-state index contributed by atoms with van der Waals surface area (Å²) in [6.45, 7) is 22.3. The van der Waals surface area contributed by atoms with Crippen molar-refractivity contribution in [3.8, 4) is 0 Å². The van der Waals surface area contributed by atoms with E-state index in [2.05, 4.69) is 82.7 Å². The number of alkyl halides is 1. The van der Waals surface area contributed by atoms with E-state index in [0.717, 1.165) is 4.90 Å². The van der Waals surface area contributed by atoms with E-state index in [1.54, 1.807) is 59.4 Å². The Hall–Kier alpha value is -3.27. The number of benzene rings is 2. The number of rotatable bonds is 9. The van der Waals surface area contributed by atoms with Crippen molar-refractivity contribution in [2.24, 2.45) is 0 Å². The highest BCUT2D eigenvalue weighted by Gasteiger charge is 2.51. The minimum atomic E-state index is -2.29. The summed E-state index contributed by atoms with van der Waals surface area (Å²) in [4.78, 5) is 42.7. The Morgan fingerprint density at radius 3 is 1.88 bits per heavy atom.